The van der Waals surface area contributed by atoms with Crippen molar-refractivity contribution in [3.8, 4) is 12.3 Å². The van der Waals surface area contributed by atoms with Crippen molar-refractivity contribution in [3.05, 3.63) is 0 Å². The number of amides is 1. The Kier molecular flexibility index (Phi) is 4.44. The molecule has 0 aromatic carbocycles. The lowest BCUT2D eigenvalue weighted by molar-refractivity contribution is -0.139. The summed E-state index contributed by atoms with van der Waals surface area (Å²) >= 11 is 0. The summed E-state index contributed by atoms with van der Waals surface area (Å²) in [6, 6.07) is -0.665. The van der Waals surface area contributed by atoms with Gasteiger partial charge in [-0.2, -0.15) is 0 Å². The van der Waals surface area contributed by atoms with Crippen LogP contribution in [0, 0.1) is 12.3 Å². The van der Waals surface area contributed by atoms with Crippen molar-refractivity contribution in [2.75, 3.05) is 0 Å². The summed E-state index contributed by atoms with van der Waals surface area (Å²) in [5, 5.41) is 0. The first-order valence-electron chi connectivity index (χ1n) is 4.88. The lowest BCUT2D eigenvalue weighted by atomic mass is 10.2. The first-order valence-corrected chi connectivity index (χ1v) is 4.88. The number of hydrogen-bond donors (Lipinski definition) is 2. The summed E-state index contributed by atoms with van der Waals surface area (Å²) in [7, 11) is 0. The fraction of sp³-hybridized carbons (Fsp3) is 0.700. The number of nitrogens with two attached hydrogens (primary N) is 1. The van der Waals surface area contributed by atoms with Gasteiger partial charge in [-0.1, -0.05) is 12.8 Å². The SMILES string of the molecule is C#CCC(N)C(=O)NOC1CCCC1. The van der Waals surface area contributed by atoms with Crippen molar-refractivity contribution >= 4 is 5.91 Å². The Morgan fingerprint density at radius 3 is 2.86 bits per heavy atom. The van der Waals surface area contributed by atoms with Crippen LogP contribution in [0.4, 0.5) is 0 Å². The first-order chi connectivity index (χ1) is 6.74. The van der Waals surface area contributed by atoms with Crippen LogP contribution in [0.25, 0.3) is 0 Å². The second kappa shape index (κ2) is 5.63. The second-order valence-electron chi connectivity index (χ2n) is 3.51. The van der Waals surface area contributed by atoms with E-state index in [0.717, 1.165) is 25.7 Å². The van der Waals surface area contributed by atoms with Crippen molar-refractivity contribution in [1.29, 1.82) is 0 Å². The van der Waals surface area contributed by atoms with Gasteiger partial charge in [-0.25, -0.2) is 5.48 Å². The topological polar surface area (TPSA) is 64.4 Å². The van der Waals surface area contributed by atoms with E-state index in [1.807, 2.05) is 0 Å². The molecule has 1 aliphatic rings. The molecule has 1 amide bonds. The van der Waals surface area contributed by atoms with Crippen molar-refractivity contribution in [3.63, 3.8) is 0 Å². The summed E-state index contributed by atoms with van der Waals surface area (Å²) in [6.07, 6.45) is 9.76. The van der Waals surface area contributed by atoms with Crippen molar-refractivity contribution in [2.45, 2.75) is 44.2 Å². The molecule has 0 aliphatic heterocycles. The maximum absolute atomic E-state index is 11.2. The van der Waals surface area contributed by atoms with Gasteiger partial charge >= 0.3 is 0 Å². The summed E-state index contributed by atoms with van der Waals surface area (Å²) in [5.41, 5.74) is 7.83. The number of hydroxylamine groups is 1. The van der Waals surface area contributed by atoms with Crippen LogP contribution in [0.1, 0.15) is 32.1 Å². The zero-order valence-corrected chi connectivity index (χ0v) is 8.16. The highest BCUT2D eigenvalue weighted by atomic mass is 16.7. The molecule has 0 aromatic heterocycles. The van der Waals surface area contributed by atoms with Crippen LogP contribution >= 0.6 is 0 Å². The fourth-order valence-corrected chi connectivity index (χ4v) is 1.44. The molecule has 0 saturated heterocycles. The standard InChI is InChI=1S/C10H16N2O2/c1-2-5-9(11)10(13)12-14-8-6-3-4-7-8/h1,8-9H,3-7,11H2,(H,12,13). The quantitative estimate of drug-likeness (QED) is 0.503. The normalized spacial score (nSPS) is 18.9. The first kappa shape index (κ1) is 11.0. The molecule has 0 spiro atoms. The highest BCUT2D eigenvalue weighted by Crippen LogP contribution is 2.19. The third-order valence-electron chi connectivity index (χ3n) is 2.30. The van der Waals surface area contributed by atoms with Gasteiger partial charge in [0.25, 0.3) is 5.91 Å². The minimum atomic E-state index is -0.665. The number of nitrogens with one attached hydrogen (secondary N) is 1. The van der Waals surface area contributed by atoms with E-state index in [2.05, 4.69) is 11.4 Å². The average molecular weight is 196 g/mol. The maximum atomic E-state index is 11.2. The molecule has 3 N–H and O–H groups in total. The lowest BCUT2D eigenvalue weighted by Gasteiger charge is -2.13. The van der Waals surface area contributed by atoms with E-state index >= 15 is 0 Å². The lowest BCUT2D eigenvalue weighted by Crippen LogP contribution is -2.41. The predicted molar refractivity (Wildman–Crippen MR) is 52.9 cm³/mol. The van der Waals surface area contributed by atoms with Gasteiger partial charge in [0, 0.05) is 6.42 Å². The molecule has 1 unspecified atom stereocenters. The number of carbonyl (C=O) groups excluding carboxylic acids is 1. The van der Waals surface area contributed by atoms with Gasteiger partial charge in [0.2, 0.25) is 0 Å². The maximum Gasteiger partial charge on any atom is 0.261 e. The molecule has 4 nitrogen and oxygen atoms in total. The van der Waals surface area contributed by atoms with Gasteiger partial charge in [0.15, 0.2) is 0 Å². The van der Waals surface area contributed by atoms with Gasteiger partial charge in [0.1, 0.15) is 0 Å². The molecule has 14 heavy (non-hydrogen) atoms. The Bertz CT molecular complexity index is 229. The van der Waals surface area contributed by atoms with E-state index in [1.165, 1.54) is 0 Å². The molecule has 1 rings (SSSR count). The monoisotopic (exact) mass is 196 g/mol. The van der Waals surface area contributed by atoms with Gasteiger partial charge in [-0.15, -0.1) is 12.3 Å². The Labute approximate surface area is 84.1 Å². The summed E-state index contributed by atoms with van der Waals surface area (Å²) in [6.45, 7) is 0. The van der Waals surface area contributed by atoms with Gasteiger partial charge in [-0.3, -0.25) is 9.63 Å². The summed E-state index contributed by atoms with van der Waals surface area (Å²) in [5.74, 6) is 2.00. The highest BCUT2D eigenvalue weighted by Gasteiger charge is 2.18. The third kappa shape index (κ3) is 3.36. The largest absolute Gasteiger partial charge is 0.319 e. The zero-order chi connectivity index (χ0) is 10.4. The minimum Gasteiger partial charge on any atom is -0.319 e. The van der Waals surface area contributed by atoms with E-state index in [4.69, 9.17) is 17.0 Å². The molecule has 1 saturated carbocycles. The van der Waals surface area contributed by atoms with E-state index in [0.29, 0.717) is 0 Å². The molecular formula is C10H16N2O2. The van der Waals surface area contributed by atoms with Gasteiger partial charge in [0.05, 0.1) is 12.1 Å². The van der Waals surface area contributed by atoms with Crippen LogP contribution in [0.2, 0.25) is 0 Å². The molecule has 0 aromatic rings. The molecule has 1 atom stereocenters. The Morgan fingerprint density at radius 1 is 1.64 bits per heavy atom. The fourth-order valence-electron chi connectivity index (χ4n) is 1.44. The number of carbonyl (C=O) groups is 1. The van der Waals surface area contributed by atoms with Gasteiger partial charge in [-0.05, 0) is 12.8 Å². The molecule has 4 heteroatoms. The smallest absolute Gasteiger partial charge is 0.261 e. The Morgan fingerprint density at radius 2 is 2.29 bits per heavy atom. The zero-order valence-electron chi connectivity index (χ0n) is 8.16. The molecule has 1 fully saturated rings. The summed E-state index contributed by atoms with van der Waals surface area (Å²) < 4.78 is 0. The van der Waals surface area contributed by atoms with E-state index < -0.39 is 6.04 Å². The van der Waals surface area contributed by atoms with E-state index in [-0.39, 0.29) is 18.4 Å². The van der Waals surface area contributed by atoms with Gasteiger partial charge < -0.3 is 5.73 Å². The third-order valence-corrected chi connectivity index (χ3v) is 2.30. The van der Waals surface area contributed by atoms with Crippen LogP contribution in [-0.2, 0) is 9.63 Å². The predicted octanol–water partition coefficient (Wildman–Crippen LogP) is 0.327. The van der Waals surface area contributed by atoms with Crippen LogP contribution in [-0.4, -0.2) is 18.1 Å². The number of hydrogen-bond acceptors (Lipinski definition) is 3. The van der Waals surface area contributed by atoms with Crippen LogP contribution in [0.15, 0.2) is 0 Å². The van der Waals surface area contributed by atoms with Crippen molar-refractivity contribution in [1.82, 2.24) is 5.48 Å². The van der Waals surface area contributed by atoms with E-state index in [1.54, 1.807) is 0 Å². The van der Waals surface area contributed by atoms with Crippen molar-refractivity contribution < 1.29 is 9.63 Å². The Hall–Kier alpha value is -1.05. The number of terminal acetylenes is 1. The van der Waals surface area contributed by atoms with Crippen LogP contribution in [0.3, 0.4) is 0 Å². The molecular weight excluding hydrogens is 180 g/mol. The summed E-state index contributed by atoms with van der Waals surface area (Å²) in [4.78, 5) is 16.4. The van der Waals surface area contributed by atoms with Crippen molar-refractivity contribution in [2.24, 2.45) is 5.73 Å². The van der Waals surface area contributed by atoms with Crippen LogP contribution < -0.4 is 11.2 Å². The molecule has 0 bridgehead atoms. The molecule has 1 aliphatic carbocycles. The molecule has 0 heterocycles. The van der Waals surface area contributed by atoms with Crippen LogP contribution in [0.5, 0.6) is 0 Å². The molecule has 0 radical (unpaired) electrons. The Balaban J connectivity index is 2.17. The number of rotatable bonds is 4. The second-order valence-corrected chi connectivity index (χ2v) is 3.51. The molecule has 78 valence electrons. The highest BCUT2D eigenvalue weighted by molar-refractivity contribution is 5.80. The average Bonchev–Trinajstić information content (AvgIpc) is 2.67. The van der Waals surface area contributed by atoms with E-state index in [9.17, 15) is 4.79 Å². The minimum absolute atomic E-state index is 0.150.